The van der Waals surface area contributed by atoms with E-state index < -0.39 is 36.6 Å². The molecule has 0 radical (unpaired) electrons. The van der Waals surface area contributed by atoms with Gasteiger partial charge >= 0.3 is 6.18 Å². The molecule has 0 bridgehead atoms. The zero-order chi connectivity index (χ0) is 23.3. The van der Waals surface area contributed by atoms with E-state index in [0.29, 0.717) is 25.7 Å². The number of alkyl halides is 3. The number of anilines is 1. The Morgan fingerprint density at radius 3 is 2.47 bits per heavy atom. The van der Waals surface area contributed by atoms with Gasteiger partial charge in [-0.05, 0) is 38.5 Å². The van der Waals surface area contributed by atoms with Crippen molar-refractivity contribution < 1.29 is 28.2 Å². The number of hydrogen-bond donors (Lipinski definition) is 4. The number of carbonyl (C=O) groups excluding carboxylic acids is 1. The molecule has 1 atom stereocenters. The van der Waals surface area contributed by atoms with Crippen LogP contribution in [0.3, 0.4) is 0 Å². The molecule has 1 saturated heterocycles. The molecule has 1 aromatic heterocycles. The SMILES string of the molecule is N#CC[C@]1(n2cc(C(N)O)c(NC(=O)C3CC3)n2)CC[C@@H](N2CC(O)(C(F)(F)F)C2)CC1. The summed E-state index contributed by atoms with van der Waals surface area (Å²) in [6.45, 7) is -0.899. The van der Waals surface area contributed by atoms with Crippen molar-refractivity contribution in [2.24, 2.45) is 11.7 Å². The normalized spacial score (nSPS) is 29.1. The fourth-order valence-corrected chi connectivity index (χ4v) is 4.71. The van der Waals surface area contributed by atoms with Crippen LogP contribution in [-0.2, 0) is 10.3 Å². The highest BCUT2D eigenvalue weighted by molar-refractivity contribution is 5.93. The van der Waals surface area contributed by atoms with Crippen molar-refractivity contribution in [2.75, 3.05) is 18.4 Å². The summed E-state index contributed by atoms with van der Waals surface area (Å²) in [5, 5.41) is 36.3. The summed E-state index contributed by atoms with van der Waals surface area (Å²) >= 11 is 0. The molecule has 176 valence electrons. The molecule has 1 amide bonds. The number of nitrogens with zero attached hydrogens (tertiary/aromatic N) is 4. The van der Waals surface area contributed by atoms with Gasteiger partial charge in [0.25, 0.3) is 0 Å². The molecule has 1 unspecified atom stereocenters. The fraction of sp³-hybridized carbons (Fsp3) is 0.750. The molecule has 2 aliphatic carbocycles. The number of aliphatic hydroxyl groups is 2. The summed E-state index contributed by atoms with van der Waals surface area (Å²) in [6.07, 6.45) is -0.762. The standard InChI is InChI=1S/C20H27F3N6O3/c21-20(22,23)19(32)10-28(11-19)13-3-5-18(6-4-13,7-8-24)29-9-14(15(25)30)16(27-29)26-17(31)12-1-2-12/h9,12-13,15,30,32H,1-7,10-11,25H2,(H,26,27,31)/t13-,15?,18+. The number of β-amino-alcohol motifs (C(OH)–C–C–N with tert-alkyl or cyclic N) is 1. The van der Waals surface area contributed by atoms with Crippen molar-refractivity contribution in [2.45, 2.75) is 74.5 Å². The lowest BCUT2D eigenvalue weighted by Crippen LogP contribution is -2.71. The molecule has 0 spiro atoms. The monoisotopic (exact) mass is 456 g/mol. The van der Waals surface area contributed by atoms with Gasteiger partial charge in [0.1, 0.15) is 6.23 Å². The molecular weight excluding hydrogens is 429 g/mol. The van der Waals surface area contributed by atoms with E-state index in [2.05, 4.69) is 16.5 Å². The zero-order valence-electron chi connectivity index (χ0n) is 17.5. The van der Waals surface area contributed by atoms with Crippen molar-refractivity contribution in [3.63, 3.8) is 0 Å². The Morgan fingerprint density at radius 2 is 1.97 bits per heavy atom. The average molecular weight is 456 g/mol. The topological polar surface area (TPSA) is 140 Å². The second kappa shape index (κ2) is 7.98. The predicted molar refractivity (Wildman–Crippen MR) is 106 cm³/mol. The maximum absolute atomic E-state index is 12.9. The molecule has 12 heteroatoms. The summed E-state index contributed by atoms with van der Waals surface area (Å²) in [4.78, 5) is 13.8. The van der Waals surface area contributed by atoms with Gasteiger partial charge in [-0.25, -0.2) is 0 Å². The van der Waals surface area contributed by atoms with Crippen molar-refractivity contribution in [1.82, 2.24) is 14.7 Å². The van der Waals surface area contributed by atoms with E-state index >= 15 is 0 Å². The minimum Gasteiger partial charge on any atom is -0.378 e. The number of hydrogen-bond acceptors (Lipinski definition) is 7. The lowest BCUT2D eigenvalue weighted by atomic mass is 9.75. The van der Waals surface area contributed by atoms with Crippen LogP contribution in [0.25, 0.3) is 0 Å². The molecule has 1 aliphatic heterocycles. The van der Waals surface area contributed by atoms with Crippen LogP contribution in [0, 0.1) is 17.2 Å². The Balaban J connectivity index is 1.48. The predicted octanol–water partition coefficient (Wildman–Crippen LogP) is 1.34. The van der Waals surface area contributed by atoms with Crippen LogP contribution in [0.2, 0.25) is 0 Å². The summed E-state index contributed by atoms with van der Waals surface area (Å²) < 4.78 is 40.4. The summed E-state index contributed by atoms with van der Waals surface area (Å²) in [7, 11) is 0. The molecule has 9 nitrogen and oxygen atoms in total. The molecule has 4 rings (SSSR count). The number of halogens is 3. The number of likely N-dealkylation sites (tertiary alicyclic amines) is 1. The number of nitrogens with one attached hydrogen (secondary N) is 1. The van der Waals surface area contributed by atoms with E-state index in [-0.39, 0.29) is 35.7 Å². The Morgan fingerprint density at radius 1 is 1.34 bits per heavy atom. The average Bonchev–Trinajstić information content (AvgIpc) is 3.46. The first-order chi connectivity index (χ1) is 15.0. The van der Waals surface area contributed by atoms with Gasteiger partial charge in [0.15, 0.2) is 11.4 Å². The number of aliphatic hydroxyl groups excluding tert-OH is 1. The summed E-state index contributed by atoms with van der Waals surface area (Å²) in [5.41, 5.74) is 2.52. The highest BCUT2D eigenvalue weighted by atomic mass is 19.4. The number of aromatic nitrogens is 2. The number of amides is 1. The Labute approximate surface area is 183 Å². The van der Waals surface area contributed by atoms with Crippen LogP contribution in [0.5, 0.6) is 0 Å². The maximum Gasteiger partial charge on any atom is 0.419 e. The largest absolute Gasteiger partial charge is 0.419 e. The van der Waals surface area contributed by atoms with Crippen molar-refractivity contribution in [1.29, 1.82) is 5.26 Å². The van der Waals surface area contributed by atoms with Crippen LogP contribution in [0.4, 0.5) is 19.0 Å². The number of rotatable bonds is 6. The minimum absolute atomic E-state index is 0.0710. The fourth-order valence-electron chi connectivity index (χ4n) is 4.71. The lowest BCUT2D eigenvalue weighted by Gasteiger charge is -2.52. The van der Waals surface area contributed by atoms with Crippen LogP contribution in [-0.4, -0.2) is 61.7 Å². The van der Waals surface area contributed by atoms with Gasteiger partial charge in [-0.3, -0.25) is 14.4 Å². The number of nitriles is 1. The first-order valence-corrected chi connectivity index (χ1v) is 10.7. The first-order valence-electron chi connectivity index (χ1n) is 10.7. The van der Waals surface area contributed by atoms with E-state index in [1.165, 1.54) is 6.20 Å². The highest BCUT2D eigenvalue weighted by Gasteiger charge is 2.62. The van der Waals surface area contributed by atoms with Gasteiger partial charge in [0, 0.05) is 31.2 Å². The van der Waals surface area contributed by atoms with Gasteiger partial charge in [-0.15, -0.1) is 0 Å². The van der Waals surface area contributed by atoms with Crippen LogP contribution in [0.15, 0.2) is 6.20 Å². The van der Waals surface area contributed by atoms with E-state index in [4.69, 9.17) is 5.73 Å². The van der Waals surface area contributed by atoms with Crippen LogP contribution >= 0.6 is 0 Å². The lowest BCUT2D eigenvalue weighted by molar-refractivity contribution is -0.307. The van der Waals surface area contributed by atoms with E-state index in [1.54, 1.807) is 9.58 Å². The van der Waals surface area contributed by atoms with E-state index in [9.17, 15) is 33.4 Å². The van der Waals surface area contributed by atoms with Gasteiger partial charge in [-0.1, -0.05) is 0 Å². The second-order valence-corrected chi connectivity index (χ2v) is 9.31. The number of nitrogens with two attached hydrogens (primary N) is 1. The smallest absolute Gasteiger partial charge is 0.378 e. The van der Waals surface area contributed by atoms with Crippen LogP contribution in [0.1, 0.15) is 56.7 Å². The van der Waals surface area contributed by atoms with Crippen molar-refractivity contribution in [3.05, 3.63) is 11.8 Å². The Kier molecular flexibility index (Phi) is 5.73. The van der Waals surface area contributed by atoms with Crippen LogP contribution < -0.4 is 11.1 Å². The first kappa shape index (κ1) is 23.0. The molecule has 3 aliphatic rings. The van der Waals surface area contributed by atoms with E-state index in [0.717, 1.165) is 12.8 Å². The maximum atomic E-state index is 12.9. The molecule has 3 fully saturated rings. The third-order valence-electron chi connectivity index (χ3n) is 7.00. The van der Waals surface area contributed by atoms with Gasteiger partial charge < -0.3 is 21.3 Å². The molecule has 0 aromatic carbocycles. The Bertz CT molecular complexity index is 907. The third-order valence-corrected chi connectivity index (χ3v) is 7.00. The zero-order valence-corrected chi connectivity index (χ0v) is 17.5. The van der Waals surface area contributed by atoms with Gasteiger partial charge in [0.2, 0.25) is 5.91 Å². The third kappa shape index (κ3) is 4.10. The Hall–Kier alpha value is -2.20. The number of carbonyl (C=O) groups is 1. The molecule has 2 heterocycles. The van der Waals surface area contributed by atoms with Gasteiger partial charge in [0.05, 0.1) is 23.6 Å². The molecular formula is C20H27F3N6O3. The molecule has 2 saturated carbocycles. The summed E-state index contributed by atoms with van der Waals surface area (Å²) in [5.74, 6) is -0.0993. The quantitative estimate of drug-likeness (QED) is 0.474. The molecule has 32 heavy (non-hydrogen) atoms. The van der Waals surface area contributed by atoms with Crippen molar-refractivity contribution in [3.8, 4) is 6.07 Å². The van der Waals surface area contributed by atoms with E-state index in [1.807, 2.05) is 0 Å². The summed E-state index contributed by atoms with van der Waals surface area (Å²) in [6, 6.07) is 2.03. The minimum atomic E-state index is -4.65. The molecule has 5 N–H and O–H groups in total. The molecule has 1 aromatic rings. The van der Waals surface area contributed by atoms with Gasteiger partial charge in [-0.2, -0.15) is 23.5 Å². The highest BCUT2D eigenvalue weighted by Crippen LogP contribution is 2.44. The second-order valence-electron chi connectivity index (χ2n) is 9.31. The van der Waals surface area contributed by atoms with Crippen molar-refractivity contribution >= 4 is 11.7 Å².